The van der Waals surface area contributed by atoms with Crippen LogP contribution in [-0.2, 0) is 20.0 Å². The predicted molar refractivity (Wildman–Crippen MR) is 92.7 cm³/mol. The van der Waals surface area contributed by atoms with Crippen LogP contribution in [-0.4, -0.2) is 54.9 Å². The Bertz CT molecular complexity index is 783. The lowest BCUT2D eigenvalue weighted by molar-refractivity contribution is 0.232. The molecular weight excluding hydrogens is 350 g/mol. The lowest BCUT2D eigenvalue weighted by Gasteiger charge is -2.34. The molecule has 1 aliphatic heterocycles. The van der Waals surface area contributed by atoms with Crippen LogP contribution < -0.4 is 10.0 Å². The number of nitrogens with one attached hydrogen (secondary N) is 2. The van der Waals surface area contributed by atoms with Gasteiger partial charge in [-0.25, -0.2) is 25.9 Å². The zero-order valence-electron chi connectivity index (χ0n) is 14.2. The molecule has 9 heteroatoms. The predicted octanol–water partition coefficient (Wildman–Crippen LogP) is 0.605. The van der Waals surface area contributed by atoms with Gasteiger partial charge in [0.25, 0.3) is 0 Å². The van der Waals surface area contributed by atoms with Crippen LogP contribution >= 0.6 is 0 Å². The van der Waals surface area contributed by atoms with Crippen molar-refractivity contribution < 1.29 is 16.8 Å². The minimum absolute atomic E-state index is 0.131. The number of nitrogens with zero attached hydrogens (tertiary/aromatic N) is 1. The van der Waals surface area contributed by atoms with Crippen molar-refractivity contribution in [3.63, 3.8) is 0 Å². The quantitative estimate of drug-likeness (QED) is 0.759. The first kappa shape index (κ1) is 19.3. The van der Waals surface area contributed by atoms with Gasteiger partial charge in [-0.3, -0.25) is 0 Å². The number of rotatable bonds is 6. The molecule has 1 heterocycles. The van der Waals surface area contributed by atoms with Gasteiger partial charge in [0.1, 0.15) is 9.79 Å². The van der Waals surface area contributed by atoms with E-state index < -0.39 is 20.0 Å². The Morgan fingerprint density at radius 1 is 1.08 bits per heavy atom. The molecule has 0 radical (unpaired) electrons. The third-order valence-corrected chi connectivity index (χ3v) is 7.86. The summed E-state index contributed by atoms with van der Waals surface area (Å²) < 4.78 is 53.8. The Labute approximate surface area is 144 Å². The van der Waals surface area contributed by atoms with Gasteiger partial charge in [-0.2, -0.15) is 0 Å². The third-order valence-electron chi connectivity index (χ3n) is 4.40. The standard InChI is InChI=1S/C15H25N3O4S2/c1-15(8-10-16-11-9-15)12-17-23(19,20)13-6-4-5-7-14(13)24(21,22)18(2)3/h4-7,16-17H,8-12H2,1-3H3. The van der Waals surface area contributed by atoms with Gasteiger partial charge in [0, 0.05) is 20.6 Å². The van der Waals surface area contributed by atoms with Crippen molar-refractivity contribution >= 4 is 20.0 Å². The summed E-state index contributed by atoms with van der Waals surface area (Å²) in [5.74, 6) is 0. The Morgan fingerprint density at radius 2 is 1.62 bits per heavy atom. The lowest BCUT2D eigenvalue weighted by atomic mass is 9.81. The topological polar surface area (TPSA) is 95.6 Å². The van der Waals surface area contributed by atoms with E-state index in [-0.39, 0.29) is 21.8 Å². The zero-order valence-corrected chi connectivity index (χ0v) is 15.9. The second-order valence-electron chi connectivity index (χ2n) is 6.62. The maximum atomic E-state index is 12.7. The fraction of sp³-hybridized carbons (Fsp3) is 0.600. The first-order valence-electron chi connectivity index (χ1n) is 7.80. The summed E-state index contributed by atoms with van der Waals surface area (Å²) in [5.41, 5.74) is -0.131. The molecule has 136 valence electrons. The van der Waals surface area contributed by atoms with Crippen LogP contribution in [0.2, 0.25) is 0 Å². The molecule has 0 spiro atoms. The van der Waals surface area contributed by atoms with Crippen LogP contribution in [0, 0.1) is 5.41 Å². The second-order valence-corrected chi connectivity index (χ2v) is 10.5. The molecule has 24 heavy (non-hydrogen) atoms. The van der Waals surface area contributed by atoms with E-state index in [1.165, 1.54) is 38.4 Å². The van der Waals surface area contributed by atoms with E-state index in [4.69, 9.17) is 0 Å². The fourth-order valence-electron chi connectivity index (χ4n) is 2.64. The first-order chi connectivity index (χ1) is 11.1. The van der Waals surface area contributed by atoms with Gasteiger partial charge in [0.15, 0.2) is 0 Å². The Morgan fingerprint density at radius 3 is 2.17 bits per heavy atom. The van der Waals surface area contributed by atoms with Crippen molar-refractivity contribution in [1.29, 1.82) is 0 Å². The van der Waals surface area contributed by atoms with Crippen LogP contribution in [0.4, 0.5) is 0 Å². The van der Waals surface area contributed by atoms with Gasteiger partial charge in [-0.05, 0) is 43.5 Å². The average molecular weight is 376 g/mol. The van der Waals surface area contributed by atoms with Crippen LogP contribution in [0.1, 0.15) is 19.8 Å². The van der Waals surface area contributed by atoms with E-state index in [2.05, 4.69) is 10.0 Å². The SMILES string of the molecule is CN(C)S(=O)(=O)c1ccccc1S(=O)(=O)NCC1(C)CCNCC1. The Balaban J connectivity index is 2.30. The van der Waals surface area contributed by atoms with Crippen LogP contribution in [0.15, 0.2) is 34.1 Å². The van der Waals surface area contributed by atoms with Crippen molar-refractivity contribution in [3.05, 3.63) is 24.3 Å². The van der Waals surface area contributed by atoms with Crippen LogP contribution in [0.3, 0.4) is 0 Å². The van der Waals surface area contributed by atoms with Crippen molar-refractivity contribution in [1.82, 2.24) is 14.3 Å². The summed E-state index contributed by atoms with van der Waals surface area (Å²) in [6.07, 6.45) is 1.74. The summed E-state index contributed by atoms with van der Waals surface area (Å²) in [6, 6.07) is 5.68. The largest absolute Gasteiger partial charge is 0.317 e. The molecule has 1 saturated heterocycles. The van der Waals surface area contributed by atoms with Crippen LogP contribution in [0.5, 0.6) is 0 Å². The minimum Gasteiger partial charge on any atom is -0.317 e. The summed E-state index contributed by atoms with van der Waals surface area (Å²) in [6.45, 7) is 4.03. The first-order valence-corrected chi connectivity index (χ1v) is 10.7. The molecule has 0 unspecified atom stereocenters. The normalized spacial score (nSPS) is 18.7. The Kier molecular flexibility index (Phi) is 5.71. The number of benzene rings is 1. The maximum absolute atomic E-state index is 12.7. The van der Waals surface area contributed by atoms with E-state index in [0.717, 1.165) is 30.2 Å². The highest BCUT2D eigenvalue weighted by Crippen LogP contribution is 2.28. The van der Waals surface area contributed by atoms with Gasteiger partial charge < -0.3 is 5.32 Å². The molecule has 0 amide bonds. The summed E-state index contributed by atoms with van der Waals surface area (Å²) in [5, 5.41) is 3.25. The lowest BCUT2D eigenvalue weighted by Crippen LogP contribution is -2.43. The molecule has 1 fully saturated rings. The second kappa shape index (κ2) is 7.09. The molecule has 1 aromatic carbocycles. The molecule has 1 aromatic rings. The highest BCUT2D eigenvalue weighted by atomic mass is 32.2. The number of hydrogen-bond donors (Lipinski definition) is 2. The van der Waals surface area contributed by atoms with Gasteiger partial charge in [-0.15, -0.1) is 0 Å². The molecule has 0 atom stereocenters. The highest BCUT2D eigenvalue weighted by Gasteiger charge is 2.31. The van der Waals surface area contributed by atoms with Crippen molar-refractivity contribution in [2.75, 3.05) is 33.7 Å². The molecule has 2 rings (SSSR count). The van der Waals surface area contributed by atoms with E-state index in [0.29, 0.717) is 0 Å². The fourth-order valence-corrected chi connectivity index (χ4v) is 5.53. The molecule has 0 bridgehead atoms. The van der Waals surface area contributed by atoms with Crippen molar-refractivity contribution in [2.24, 2.45) is 5.41 Å². The molecule has 1 aliphatic rings. The molecule has 0 saturated carbocycles. The number of sulfonamides is 2. The van der Waals surface area contributed by atoms with E-state index in [1.807, 2.05) is 6.92 Å². The summed E-state index contributed by atoms with van der Waals surface area (Å²) in [7, 11) is -5.01. The monoisotopic (exact) mass is 375 g/mol. The van der Waals surface area contributed by atoms with Gasteiger partial charge in [0.2, 0.25) is 20.0 Å². The third kappa shape index (κ3) is 4.15. The van der Waals surface area contributed by atoms with Crippen LogP contribution in [0.25, 0.3) is 0 Å². The maximum Gasteiger partial charge on any atom is 0.243 e. The number of piperidine rings is 1. The van der Waals surface area contributed by atoms with Crippen molar-refractivity contribution in [3.8, 4) is 0 Å². The zero-order chi connectivity index (χ0) is 18.0. The molecular formula is C15H25N3O4S2. The number of hydrogen-bond acceptors (Lipinski definition) is 5. The smallest absolute Gasteiger partial charge is 0.243 e. The highest BCUT2D eigenvalue weighted by molar-refractivity contribution is 7.92. The summed E-state index contributed by atoms with van der Waals surface area (Å²) in [4.78, 5) is -0.422. The van der Waals surface area contributed by atoms with Gasteiger partial charge >= 0.3 is 0 Å². The van der Waals surface area contributed by atoms with E-state index in [1.54, 1.807) is 0 Å². The average Bonchev–Trinajstić information content (AvgIpc) is 2.54. The molecule has 0 aromatic heterocycles. The van der Waals surface area contributed by atoms with Gasteiger partial charge in [-0.1, -0.05) is 19.1 Å². The molecule has 7 nitrogen and oxygen atoms in total. The van der Waals surface area contributed by atoms with Crippen molar-refractivity contribution in [2.45, 2.75) is 29.6 Å². The van der Waals surface area contributed by atoms with E-state index in [9.17, 15) is 16.8 Å². The molecule has 0 aliphatic carbocycles. The minimum atomic E-state index is -3.92. The Hall–Kier alpha value is -1.00. The van der Waals surface area contributed by atoms with E-state index >= 15 is 0 Å². The molecule has 2 N–H and O–H groups in total. The summed E-state index contributed by atoms with van der Waals surface area (Å²) >= 11 is 0. The van der Waals surface area contributed by atoms with Gasteiger partial charge in [0.05, 0.1) is 0 Å².